The number of amides is 1. The molecule has 152 valence electrons. The van der Waals surface area contributed by atoms with Crippen LogP contribution in [0.25, 0.3) is 10.9 Å². The molecule has 1 saturated heterocycles. The Morgan fingerprint density at radius 2 is 2.07 bits per heavy atom. The Morgan fingerprint density at radius 1 is 1.31 bits per heavy atom. The van der Waals surface area contributed by atoms with Crippen molar-refractivity contribution in [2.24, 2.45) is 0 Å². The molecule has 1 aliphatic rings. The van der Waals surface area contributed by atoms with E-state index in [-0.39, 0.29) is 17.1 Å². The average Bonchev–Trinajstić information content (AvgIpc) is 3.30. The first kappa shape index (κ1) is 19.2. The fourth-order valence-corrected chi connectivity index (χ4v) is 4.04. The van der Waals surface area contributed by atoms with Crippen LogP contribution < -0.4 is 5.56 Å². The molecule has 7 nitrogen and oxygen atoms in total. The van der Waals surface area contributed by atoms with Gasteiger partial charge >= 0.3 is 0 Å². The van der Waals surface area contributed by atoms with Gasteiger partial charge in [-0.25, -0.2) is 13.8 Å². The van der Waals surface area contributed by atoms with E-state index in [0.717, 1.165) is 4.57 Å². The normalized spacial score (nSPS) is 16.9. The Morgan fingerprint density at radius 3 is 2.76 bits per heavy atom. The first-order chi connectivity index (χ1) is 13.9. The lowest BCUT2D eigenvalue weighted by Gasteiger charge is -2.27. The van der Waals surface area contributed by atoms with E-state index < -0.39 is 24.6 Å². The molecule has 1 amide bonds. The SMILES string of the molecule is Cc1n[nH]c(C)c1C(=O)N1CCCC1c1nc2ccccc2c(=O)n1CC(F)F. The Bertz CT molecular complexity index is 1120. The minimum atomic E-state index is -2.71. The summed E-state index contributed by atoms with van der Waals surface area (Å²) >= 11 is 0. The average molecular weight is 401 g/mol. The Kier molecular flexibility index (Phi) is 4.89. The largest absolute Gasteiger partial charge is 0.328 e. The van der Waals surface area contributed by atoms with Crippen LogP contribution in [0.2, 0.25) is 0 Å². The Labute approximate surface area is 165 Å². The predicted octanol–water partition coefficient (Wildman–Crippen LogP) is 2.98. The maximum Gasteiger partial charge on any atom is 0.261 e. The van der Waals surface area contributed by atoms with Gasteiger partial charge in [0.25, 0.3) is 17.9 Å². The molecule has 4 rings (SSSR count). The second kappa shape index (κ2) is 7.38. The second-order valence-corrected chi connectivity index (χ2v) is 7.26. The van der Waals surface area contributed by atoms with Gasteiger partial charge in [0, 0.05) is 12.2 Å². The number of halogens is 2. The van der Waals surface area contributed by atoms with Crippen LogP contribution in [0.15, 0.2) is 29.1 Å². The summed E-state index contributed by atoms with van der Waals surface area (Å²) in [4.78, 5) is 32.3. The molecular weight excluding hydrogens is 380 g/mol. The molecule has 1 aliphatic heterocycles. The summed E-state index contributed by atoms with van der Waals surface area (Å²) < 4.78 is 27.6. The van der Waals surface area contributed by atoms with Crippen LogP contribution in [0.4, 0.5) is 8.78 Å². The van der Waals surface area contributed by atoms with E-state index in [2.05, 4.69) is 15.2 Å². The van der Waals surface area contributed by atoms with Crippen LogP contribution in [0.1, 0.15) is 46.5 Å². The highest BCUT2D eigenvalue weighted by molar-refractivity contribution is 5.96. The van der Waals surface area contributed by atoms with Gasteiger partial charge in [-0.1, -0.05) is 12.1 Å². The molecule has 0 spiro atoms. The molecule has 1 aromatic carbocycles. The maximum absolute atomic E-state index is 13.3. The number of likely N-dealkylation sites (tertiary alicyclic amines) is 1. The number of aromatic nitrogens is 4. The van der Waals surface area contributed by atoms with Crippen molar-refractivity contribution in [3.05, 3.63) is 57.4 Å². The number of carbonyl (C=O) groups excluding carboxylic acids is 1. The van der Waals surface area contributed by atoms with Gasteiger partial charge in [-0.3, -0.25) is 19.3 Å². The van der Waals surface area contributed by atoms with E-state index in [1.807, 2.05) is 0 Å². The molecule has 1 unspecified atom stereocenters. The van der Waals surface area contributed by atoms with Crippen molar-refractivity contribution >= 4 is 16.8 Å². The zero-order valence-corrected chi connectivity index (χ0v) is 16.2. The van der Waals surface area contributed by atoms with Crippen molar-refractivity contribution < 1.29 is 13.6 Å². The van der Waals surface area contributed by atoms with Gasteiger partial charge in [0.2, 0.25) is 0 Å². The third-order valence-corrected chi connectivity index (χ3v) is 5.37. The van der Waals surface area contributed by atoms with E-state index in [1.54, 1.807) is 43.0 Å². The number of fused-ring (bicyclic) bond motifs is 1. The lowest BCUT2D eigenvalue weighted by Crippen LogP contribution is -2.36. The van der Waals surface area contributed by atoms with E-state index in [0.29, 0.717) is 41.9 Å². The summed E-state index contributed by atoms with van der Waals surface area (Å²) in [5, 5.41) is 7.16. The van der Waals surface area contributed by atoms with Gasteiger partial charge in [0.1, 0.15) is 5.82 Å². The van der Waals surface area contributed by atoms with Gasteiger partial charge in [-0.05, 0) is 38.8 Å². The highest BCUT2D eigenvalue weighted by Crippen LogP contribution is 2.33. The fourth-order valence-electron chi connectivity index (χ4n) is 4.04. The van der Waals surface area contributed by atoms with Crippen LogP contribution in [-0.4, -0.2) is 43.5 Å². The molecular formula is C20H21F2N5O2. The number of hydrogen-bond donors (Lipinski definition) is 1. The monoisotopic (exact) mass is 401 g/mol. The van der Waals surface area contributed by atoms with Crippen molar-refractivity contribution in [3.8, 4) is 0 Å². The summed E-state index contributed by atoms with van der Waals surface area (Å²) in [5.74, 6) is -0.0269. The highest BCUT2D eigenvalue weighted by Gasteiger charge is 2.36. The van der Waals surface area contributed by atoms with E-state index in [4.69, 9.17) is 0 Å². The van der Waals surface area contributed by atoms with Crippen LogP contribution in [0, 0.1) is 13.8 Å². The minimum absolute atomic E-state index is 0.207. The van der Waals surface area contributed by atoms with Crippen LogP contribution in [0.5, 0.6) is 0 Å². The third kappa shape index (κ3) is 3.30. The third-order valence-electron chi connectivity index (χ3n) is 5.37. The number of nitrogens with zero attached hydrogens (tertiary/aromatic N) is 4. The minimum Gasteiger partial charge on any atom is -0.328 e. The molecule has 0 saturated carbocycles. The molecule has 1 atom stereocenters. The molecule has 29 heavy (non-hydrogen) atoms. The predicted molar refractivity (Wildman–Crippen MR) is 103 cm³/mol. The lowest BCUT2D eigenvalue weighted by molar-refractivity contribution is 0.0719. The Hall–Kier alpha value is -3.10. The number of nitrogens with one attached hydrogen (secondary N) is 1. The van der Waals surface area contributed by atoms with Gasteiger partial charge < -0.3 is 4.90 Å². The summed E-state index contributed by atoms with van der Waals surface area (Å²) in [6, 6.07) is 6.12. The van der Waals surface area contributed by atoms with Crippen LogP contribution in [-0.2, 0) is 6.54 Å². The van der Waals surface area contributed by atoms with Crippen LogP contribution in [0.3, 0.4) is 0 Å². The number of hydrogen-bond acceptors (Lipinski definition) is 4. The number of benzene rings is 1. The first-order valence-corrected chi connectivity index (χ1v) is 9.48. The smallest absolute Gasteiger partial charge is 0.261 e. The van der Waals surface area contributed by atoms with E-state index >= 15 is 0 Å². The summed E-state index contributed by atoms with van der Waals surface area (Å²) in [7, 11) is 0. The van der Waals surface area contributed by atoms with Crippen molar-refractivity contribution in [2.75, 3.05) is 6.54 Å². The number of aromatic amines is 1. The number of H-pyrrole nitrogens is 1. The molecule has 9 heteroatoms. The van der Waals surface area contributed by atoms with Crippen LogP contribution >= 0.6 is 0 Å². The maximum atomic E-state index is 13.3. The number of rotatable bonds is 4. The fraction of sp³-hybridized carbons (Fsp3) is 0.400. The van der Waals surface area contributed by atoms with E-state index in [1.165, 1.54) is 0 Å². The number of para-hydroxylation sites is 1. The molecule has 3 heterocycles. The quantitative estimate of drug-likeness (QED) is 0.729. The second-order valence-electron chi connectivity index (χ2n) is 7.26. The topological polar surface area (TPSA) is 83.9 Å². The summed E-state index contributed by atoms with van der Waals surface area (Å²) in [5.41, 5.74) is 1.62. The van der Waals surface area contributed by atoms with Crippen molar-refractivity contribution in [1.82, 2.24) is 24.6 Å². The van der Waals surface area contributed by atoms with Gasteiger partial charge in [-0.2, -0.15) is 5.10 Å². The van der Waals surface area contributed by atoms with Crippen molar-refractivity contribution in [3.63, 3.8) is 0 Å². The molecule has 0 bridgehead atoms. The lowest BCUT2D eigenvalue weighted by atomic mass is 10.1. The standard InChI is InChI=1S/C20H21F2N5O2/c1-11-17(12(2)25-24-11)20(29)26-9-5-8-15(26)18-23-14-7-4-3-6-13(14)19(28)27(18)10-16(21)22/h3-4,6-7,15-16H,5,8-10H2,1-2H3,(H,24,25). The zero-order chi connectivity index (χ0) is 20.7. The first-order valence-electron chi connectivity index (χ1n) is 9.48. The highest BCUT2D eigenvalue weighted by atomic mass is 19.3. The van der Waals surface area contributed by atoms with Crippen molar-refractivity contribution in [2.45, 2.75) is 45.7 Å². The molecule has 3 aromatic rings. The number of alkyl halides is 2. The number of carbonyl (C=O) groups is 1. The number of aryl methyl sites for hydroxylation is 2. The molecule has 1 N–H and O–H groups in total. The summed E-state index contributed by atoms with van der Waals surface area (Å²) in [6.45, 7) is 3.21. The molecule has 1 fully saturated rings. The Balaban J connectivity index is 1.84. The van der Waals surface area contributed by atoms with Crippen molar-refractivity contribution in [1.29, 1.82) is 0 Å². The molecule has 2 aromatic heterocycles. The zero-order valence-electron chi connectivity index (χ0n) is 16.2. The summed E-state index contributed by atoms with van der Waals surface area (Å²) in [6.07, 6.45) is -1.46. The molecule has 0 aliphatic carbocycles. The van der Waals surface area contributed by atoms with E-state index in [9.17, 15) is 18.4 Å². The van der Waals surface area contributed by atoms with Gasteiger partial charge in [0.15, 0.2) is 0 Å². The molecule has 0 radical (unpaired) electrons. The van der Waals surface area contributed by atoms with Gasteiger partial charge in [-0.15, -0.1) is 0 Å². The van der Waals surface area contributed by atoms with Gasteiger partial charge in [0.05, 0.1) is 34.7 Å².